The maximum atomic E-state index is 12.8. The van der Waals surface area contributed by atoms with Crippen molar-refractivity contribution < 1.29 is 19.1 Å². The second kappa shape index (κ2) is 9.21. The van der Waals surface area contributed by atoms with Gasteiger partial charge in [0.15, 0.2) is 0 Å². The quantitative estimate of drug-likeness (QED) is 0.337. The molecule has 152 valence electrons. The van der Waals surface area contributed by atoms with Crippen LogP contribution in [-0.2, 0) is 4.74 Å². The Balaban J connectivity index is 1.54. The number of carbonyl (C=O) groups excluding carboxylic acids is 2. The van der Waals surface area contributed by atoms with E-state index in [4.69, 9.17) is 9.47 Å². The third-order valence-corrected chi connectivity index (χ3v) is 6.46. The minimum Gasteiger partial charge on any atom is -0.462 e. The number of carbonyl (C=O) groups is 2. The van der Waals surface area contributed by atoms with Gasteiger partial charge in [0, 0.05) is 33.0 Å². The number of thiophene rings is 2. The van der Waals surface area contributed by atoms with Gasteiger partial charge in [-0.05, 0) is 42.6 Å². The highest BCUT2D eigenvalue weighted by atomic mass is 32.1. The van der Waals surface area contributed by atoms with Crippen LogP contribution >= 0.6 is 34.0 Å². The Morgan fingerprint density at radius 3 is 2.57 bits per heavy atom. The van der Waals surface area contributed by atoms with Gasteiger partial charge in [-0.15, -0.1) is 22.7 Å². The Hall–Kier alpha value is -3.01. The number of esters is 1. The van der Waals surface area contributed by atoms with Gasteiger partial charge in [0.05, 0.1) is 6.61 Å². The first kappa shape index (κ1) is 20.3. The van der Waals surface area contributed by atoms with Crippen molar-refractivity contribution in [1.82, 2.24) is 4.98 Å². The fraction of sp³-hybridized carbons (Fsp3) is 0.0952. The average molecular weight is 457 g/mol. The first-order valence-electron chi connectivity index (χ1n) is 8.97. The zero-order valence-corrected chi connectivity index (χ0v) is 18.2. The molecule has 0 spiro atoms. The van der Waals surface area contributed by atoms with E-state index < -0.39 is 5.97 Å². The number of ether oxygens (including phenoxy) is 2. The summed E-state index contributed by atoms with van der Waals surface area (Å²) in [5.41, 5.74) is 1.58. The van der Waals surface area contributed by atoms with E-state index in [9.17, 15) is 9.59 Å². The predicted octanol–water partition coefficient (Wildman–Crippen LogP) is 6.15. The Bertz CT molecular complexity index is 1130. The molecule has 30 heavy (non-hydrogen) atoms. The third-order valence-electron chi connectivity index (χ3n) is 4.02. The molecule has 0 aliphatic heterocycles. The maximum Gasteiger partial charge on any atom is 0.341 e. The summed E-state index contributed by atoms with van der Waals surface area (Å²) in [5, 5.41) is 9.46. The lowest BCUT2D eigenvalue weighted by Crippen LogP contribution is -2.14. The summed E-state index contributed by atoms with van der Waals surface area (Å²) < 4.78 is 10.8. The molecule has 1 amide bonds. The molecule has 0 saturated carbocycles. The molecule has 4 rings (SSSR count). The highest BCUT2D eigenvalue weighted by molar-refractivity contribution is 7.17. The summed E-state index contributed by atoms with van der Waals surface area (Å²) in [6.45, 7) is 2.01. The zero-order valence-electron chi connectivity index (χ0n) is 15.8. The van der Waals surface area contributed by atoms with Gasteiger partial charge in [-0.2, -0.15) is 0 Å². The Labute approximate surface area is 184 Å². The van der Waals surface area contributed by atoms with Crippen LogP contribution in [0.2, 0.25) is 0 Å². The number of nitrogens with zero attached hydrogens (tertiary/aromatic N) is 1. The molecule has 3 aromatic heterocycles. The van der Waals surface area contributed by atoms with Crippen molar-refractivity contribution in [3.63, 3.8) is 0 Å². The summed E-state index contributed by atoms with van der Waals surface area (Å²) in [6.07, 6.45) is 1.66. The number of aromatic nitrogens is 1. The minimum atomic E-state index is -0.454. The van der Waals surface area contributed by atoms with Crippen molar-refractivity contribution in [2.24, 2.45) is 0 Å². The SMILES string of the molecule is CCOC(=O)c1c(-c2cccs2)csc1NC(=O)c1ccc(Oc2nccs2)cc1. The van der Waals surface area contributed by atoms with Crippen molar-refractivity contribution in [2.75, 3.05) is 11.9 Å². The normalized spacial score (nSPS) is 10.6. The lowest BCUT2D eigenvalue weighted by atomic mass is 10.1. The number of hydrogen-bond acceptors (Lipinski definition) is 8. The molecule has 1 N–H and O–H groups in total. The number of amides is 1. The smallest absolute Gasteiger partial charge is 0.341 e. The largest absolute Gasteiger partial charge is 0.462 e. The zero-order chi connectivity index (χ0) is 20.9. The van der Waals surface area contributed by atoms with Crippen LogP contribution in [0.4, 0.5) is 5.00 Å². The monoisotopic (exact) mass is 456 g/mol. The van der Waals surface area contributed by atoms with Crippen LogP contribution in [0.15, 0.2) is 58.7 Å². The Morgan fingerprint density at radius 2 is 1.90 bits per heavy atom. The van der Waals surface area contributed by atoms with E-state index >= 15 is 0 Å². The van der Waals surface area contributed by atoms with Crippen LogP contribution in [0.1, 0.15) is 27.6 Å². The molecular formula is C21H16N2O4S3. The standard InChI is InChI=1S/C21H16N2O4S3/c1-2-26-20(25)17-15(16-4-3-10-28-16)12-30-19(17)23-18(24)13-5-7-14(8-6-13)27-21-22-9-11-29-21/h3-12H,2H2,1H3,(H,23,24). The molecule has 0 fully saturated rings. The van der Waals surface area contributed by atoms with Gasteiger partial charge in [0.1, 0.15) is 16.3 Å². The fourth-order valence-corrected chi connectivity index (χ4v) is 4.95. The van der Waals surface area contributed by atoms with Crippen LogP contribution < -0.4 is 10.1 Å². The molecule has 0 atom stereocenters. The van der Waals surface area contributed by atoms with E-state index in [-0.39, 0.29) is 12.5 Å². The summed E-state index contributed by atoms with van der Waals surface area (Å²) in [6, 6.07) is 10.6. The molecule has 4 aromatic rings. The minimum absolute atomic E-state index is 0.256. The van der Waals surface area contributed by atoms with Gasteiger partial charge in [-0.1, -0.05) is 17.4 Å². The molecule has 0 aliphatic carbocycles. The third kappa shape index (κ3) is 4.43. The molecule has 0 unspecified atom stereocenters. The summed E-state index contributed by atoms with van der Waals surface area (Å²) in [7, 11) is 0. The molecule has 0 radical (unpaired) electrons. The topological polar surface area (TPSA) is 77.5 Å². The maximum absolute atomic E-state index is 12.8. The average Bonchev–Trinajstić information content (AvgIpc) is 3.50. The Kier molecular flexibility index (Phi) is 6.22. The molecule has 1 aromatic carbocycles. The van der Waals surface area contributed by atoms with E-state index in [1.54, 1.807) is 37.4 Å². The van der Waals surface area contributed by atoms with E-state index in [0.29, 0.717) is 27.1 Å². The van der Waals surface area contributed by atoms with Crippen LogP contribution in [0.3, 0.4) is 0 Å². The van der Waals surface area contributed by atoms with Gasteiger partial charge in [0.2, 0.25) is 0 Å². The van der Waals surface area contributed by atoms with Crippen molar-refractivity contribution in [3.05, 3.63) is 69.9 Å². The van der Waals surface area contributed by atoms with Crippen LogP contribution in [0, 0.1) is 0 Å². The number of benzene rings is 1. The van der Waals surface area contributed by atoms with Gasteiger partial charge < -0.3 is 14.8 Å². The second-order valence-corrected chi connectivity index (χ2v) is 8.61. The van der Waals surface area contributed by atoms with Crippen molar-refractivity contribution in [2.45, 2.75) is 6.92 Å². The van der Waals surface area contributed by atoms with Crippen LogP contribution in [-0.4, -0.2) is 23.5 Å². The van der Waals surface area contributed by atoms with E-state index in [0.717, 1.165) is 10.4 Å². The van der Waals surface area contributed by atoms with Crippen LogP contribution in [0.25, 0.3) is 10.4 Å². The van der Waals surface area contributed by atoms with Crippen molar-refractivity contribution >= 4 is 50.9 Å². The van der Waals surface area contributed by atoms with Crippen molar-refractivity contribution in [3.8, 4) is 21.4 Å². The first-order valence-corrected chi connectivity index (χ1v) is 11.6. The van der Waals surface area contributed by atoms with E-state index in [1.807, 2.05) is 28.3 Å². The molecule has 9 heteroatoms. The van der Waals surface area contributed by atoms with Gasteiger partial charge in [-0.25, -0.2) is 9.78 Å². The number of anilines is 1. The summed E-state index contributed by atoms with van der Waals surface area (Å²) in [4.78, 5) is 30.3. The fourth-order valence-electron chi connectivity index (χ4n) is 2.68. The molecule has 3 heterocycles. The molecule has 0 saturated heterocycles. The highest BCUT2D eigenvalue weighted by Gasteiger charge is 2.23. The van der Waals surface area contributed by atoms with Gasteiger partial charge in [0.25, 0.3) is 11.1 Å². The summed E-state index contributed by atoms with van der Waals surface area (Å²) in [5.74, 6) is -0.185. The number of nitrogens with one attached hydrogen (secondary N) is 1. The number of thiazole rings is 1. The van der Waals surface area contributed by atoms with E-state index in [2.05, 4.69) is 10.3 Å². The first-order chi connectivity index (χ1) is 14.7. The van der Waals surface area contributed by atoms with Gasteiger partial charge >= 0.3 is 5.97 Å². The van der Waals surface area contributed by atoms with E-state index in [1.165, 1.54) is 34.0 Å². The lowest BCUT2D eigenvalue weighted by Gasteiger charge is -2.08. The molecule has 0 aliphatic rings. The molecule has 6 nitrogen and oxygen atoms in total. The van der Waals surface area contributed by atoms with Crippen molar-refractivity contribution in [1.29, 1.82) is 0 Å². The summed E-state index contributed by atoms with van der Waals surface area (Å²) >= 11 is 4.21. The second-order valence-electron chi connectivity index (χ2n) is 5.93. The number of rotatable bonds is 7. The Morgan fingerprint density at radius 1 is 1.07 bits per heavy atom. The molecule has 0 bridgehead atoms. The highest BCUT2D eigenvalue weighted by Crippen LogP contribution is 2.38. The predicted molar refractivity (Wildman–Crippen MR) is 120 cm³/mol. The molecular weight excluding hydrogens is 440 g/mol. The number of hydrogen-bond donors (Lipinski definition) is 1. The lowest BCUT2D eigenvalue weighted by molar-refractivity contribution is 0.0529. The van der Waals surface area contributed by atoms with Gasteiger partial charge in [-0.3, -0.25) is 4.79 Å². The van der Waals surface area contributed by atoms with Crippen LogP contribution in [0.5, 0.6) is 10.9 Å².